The number of aliphatic imine (C=N–C) groups is 1. The topological polar surface area (TPSA) is 62.8 Å². The summed E-state index contributed by atoms with van der Waals surface area (Å²) >= 11 is 0. The van der Waals surface area contributed by atoms with Gasteiger partial charge in [0.1, 0.15) is 5.76 Å². The summed E-state index contributed by atoms with van der Waals surface area (Å²) in [6, 6.07) is 3.22. The number of fused-ring (bicyclic) bond motifs is 2. The molecule has 1 atom stereocenters. The first kappa shape index (κ1) is 22.6. The molecular formula is C28H35NO3. The molecule has 1 N–H and O–H groups in total. The zero-order valence-corrected chi connectivity index (χ0v) is 19.5. The minimum absolute atomic E-state index is 0.0326. The van der Waals surface area contributed by atoms with E-state index in [1.54, 1.807) is 6.07 Å². The van der Waals surface area contributed by atoms with Crippen LogP contribution < -0.4 is 0 Å². The van der Waals surface area contributed by atoms with Crippen molar-refractivity contribution >= 4 is 17.8 Å². The molecule has 0 radical (unpaired) electrons. The molecule has 2 aliphatic carbocycles. The highest BCUT2D eigenvalue weighted by Crippen LogP contribution is 2.45. The number of carboxylic acid groups (broad SMARTS) is 1. The van der Waals surface area contributed by atoms with E-state index in [1.807, 2.05) is 6.08 Å². The third-order valence-corrected chi connectivity index (χ3v) is 6.88. The van der Waals surface area contributed by atoms with Gasteiger partial charge in [-0.2, -0.15) is 0 Å². The maximum absolute atomic E-state index is 11.1. The van der Waals surface area contributed by atoms with Crippen LogP contribution in [0.25, 0.3) is 6.08 Å². The third kappa shape index (κ3) is 4.90. The van der Waals surface area contributed by atoms with Crippen LogP contribution in [0.2, 0.25) is 0 Å². The first-order chi connectivity index (χ1) is 15.6. The highest BCUT2D eigenvalue weighted by molar-refractivity contribution is 6.06. The van der Waals surface area contributed by atoms with Crippen molar-refractivity contribution in [2.75, 3.05) is 0 Å². The Morgan fingerprint density at radius 3 is 2.72 bits per heavy atom. The Kier molecular flexibility index (Phi) is 7.29. The van der Waals surface area contributed by atoms with Gasteiger partial charge in [-0.1, -0.05) is 57.6 Å². The number of carbonyl (C=O) groups is 1. The number of rotatable bonds is 10. The number of allylic oxidation sites excluding steroid dienone is 6. The van der Waals surface area contributed by atoms with E-state index in [-0.39, 0.29) is 5.76 Å². The summed E-state index contributed by atoms with van der Waals surface area (Å²) in [6.07, 6.45) is 20.4. The number of nitrogens with zero attached hydrogens (tertiary/aromatic N) is 1. The van der Waals surface area contributed by atoms with E-state index in [0.717, 1.165) is 29.7 Å². The quantitative estimate of drug-likeness (QED) is 0.381. The van der Waals surface area contributed by atoms with E-state index in [2.05, 4.69) is 26.0 Å². The van der Waals surface area contributed by atoms with Crippen LogP contribution in [0.15, 0.2) is 61.7 Å². The first-order valence-corrected chi connectivity index (χ1v) is 12.3. The van der Waals surface area contributed by atoms with Gasteiger partial charge in [-0.3, -0.25) is 4.99 Å². The van der Waals surface area contributed by atoms with Crippen molar-refractivity contribution in [1.82, 2.24) is 0 Å². The maximum Gasteiger partial charge on any atom is 0.371 e. The van der Waals surface area contributed by atoms with Crippen molar-refractivity contribution < 1.29 is 14.3 Å². The number of furan rings is 1. The lowest BCUT2D eigenvalue weighted by Gasteiger charge is -2.24. The molecule has 32 heavy (non-hydrogen) atoms. The van der Waals surface area contributed by atoms with Crippen LogP contribution in [0.4, 0.5) is 0 Å². The second-order valence-corrected chi connectivity index (χ2v) is 9.28. The van der Waals surface area contributed by atoms with Crippen molar-refractivity contribution in [2.24, 2.45) is 10.9 Å². The van der Waals surface area contributed by atoms with E-state index < -0.39 is 5.97 Å². The molecular weight excluding hydrogens is 398 g/mol. The molecule has 4 rings (SSSR count). The lowest BCUT2D eigenvalue weighted by molar-refractivity contribution is 0.0662. The molecule has 1 aromatic heterocycles. The Labute approximate surface area is 191 Å². The Balaban J connectivity index is 1.56. The third-order valence-electron chi connectivity index (χ3n) is 6.88. The second-order valence-electron chi connectivity index (χ2n) is 9.28. The van der Waals surface area contributed by atoms with Gasteiger partial charge in [0.05, 0.1) is 5.70 Å². The number of aromatic carboxylic acids is 1. The van der Waals surface area contributed by atoms with Gasteiger partial charge in [0.15, 0.2) is 0 Å². The number of carboxylic acids is 1. The molecule has 4 heteroatoms. The molecule has 1 saturated carbocycles. The molecule has 4 nitrogen and oxygen atoms in total. The zero-order valence-electron chi connectivity index (χ0n) is 19.5. The summed E-state index contributed by atoms with van der Waals surface area (Å²) in [5.74, 6) is -0.0512. The van der Waals surface area contributed by atoms with Gasteiger partial charge in [-0.15, -0.1) is 0 Å². The Morgan fingerprint density at radius 2 is 1.94 bits per heavy atom. The predicted molar refractivity (Wildman–Crippen MR) is 130 cm³/mol. The van der Waals surface area contributed by atoms with Crippen LogP contribution in [0, 0.1) is 5.92 Å². The van der Waals surface area contributed by atoms with Crippen molar-refractivity contribution in [2.45, 2.75) is 84.5 Å². The van der Waals surface area contributed by atoms with Crippen molar-refractivity contribution in [3.05, 3.63) is 63.8 Å². The van der Waals surface area contributed by atoms with Gasteiger partial charge in [-0.05, 0) is 74.0 Å². The summed E-state index contributed by atoms with van der Waals surface area (Å²) in [7, 11) is 0. The fraction of sp³-hybridized carbons (Fsp3) is 0.500. The molecule has 0 saturated heterocycles. The smallest absolute Gasteiger partial charge is 0.371 e. The molecule has 0 spiro atoms. The summed E-state index contributed by atoms with van der Waals surface area (Å²) in [5, 5.41) is 9.12. The molecule has 0 amide bonds. The van der Waals surface area contributed by atoms with Crippen LogP contribution >= 0.6 is 0 Å². The van der Waals surface area contributed by atoms with Gasteiger partial charge in [0.25, 0.3) is 0 Å². The summed E-state index contributed by atoms with van der Waals surface area (Å²) < 4.78 is 5.46. The highest BCUT2D eigenvalue weighted by atomic mass is 16.4. The molecule has 1 aliphatic heterocycles. The predicted octanol–water partition coefficient (Wildman–Crippen LogP) is 7.90. The Bertz CT molecular complexity index is 1020. The molecule has 1 fully saturated rings. The Hall–Kier alpha value is -2.62. The van der Waals surface area contributed by atoms with E-state index in [0.29, 0.717) is 11.7 Å². The van der Waals surface area contributed by atoms with Crippen molar-refractivity contribution in [3.63, 3.8) is 0 Å². The molecule has 1 unspecified atom stereocenters. The maximum atomic E-state index is 11.1. The van der Waals surface area contributed by atoms with Crippen LogP contribution in [-0.2, 0) is 0 Å². The molecule has 0 bridgehead atoms. The molecule has 3 aliphatic rings. The van der Waals surface area contributed by atoms with Crippen LogP contribution in [0.3, 0.4) is 0 Å². The largest absolute Gasteiger partial charge is 0.475 e. The highest BCUT2D eigenvalue weighted by Gasteiger charge is 2.33. The van der Waals surface area contributed by atoms with Gasteiger partial charge >= 0.3 is 5.97 Å². The molecule has 170 valence electrons. The van der Waals surface area contributed by atoms with Crippen molar-refractivity contribution in [1.29, 1.82) is 0 Å². The monoisotopic (exact) mass is 433 g/mol. The minimum Gasteiger partial charge on any atom is -0.475 e. The van der Waals surface area contributed by atoms with Gasteiger partial charge in [0, 0.05) is 17.2 Å². The van der Waals surface area contributed by atoms with E-state index in [1.165, 1.54) is 80.7 Å². The first-order valence-electron chi connectivity index (χ1n) is 12.3. The van der Waals surface area contributed by atoms with E-state index in [9.17, 15) is 4.79 Å². The average Bonchev–Trinajstić information content (AvgIpc) is 3.41. The average molecular weight is 434 g/mol. The fourth-order valence-electron chi connectivity index (χ4n) is 5.17. The van der Waals surface area contributed by atoms with Crippen LogP contribution in [-0.4, -0.2) is 16.8 Å². The SMILES string of the molecule is CCCCCCCCC1C=CC(/C(C)=C/c2ccc(C(=O)O)o2)=C2N=C3CCCCC3=C21. The number of hydrogen-bond acceptors (Lipinski definition) is 3. The summed E-state index contributed by atoms with van der Waals surface area (Å²) in [6.45, 7) is 4.33. The lowest BCUT2D eigenvalue weighted by Crippen LogP contribution is -2.13. The summed E-state index contributed by atoms with van der Waals surface area (Å²) in [4.78, 5) is 16.3. The molecule has 0 aromatic carbocycles. The van der Waals surface area contributed by atoms with Crippen LogP contribution in [0.5, 0.6) is 0 Å². The standard InChI is InChI=1S/C28H35NO3/c1-3-4-5-6-7-8-11-20-14-16-22(19(2)18-21-15-17-25(32-21)28(30)31)27-26(20)23-12-9-10-13-24(23)29-27/h14-18,20H,3-13H2,1-2H3,(H,30,31)/b19-18+. The molecule has 1 aromatic rings. The lowest BCUT2D eigenvalue weighted by atomic mass is 9.79. The normalized spacial score (nSPS) is 20.5. The zero-order chi connectivity index (χ0) is 22.5. The van der Waals surface area contributed by atoms with E-state index in [4.69, 9.17) is 14.5 Å². The van der Waals surface area contributed by atoms with Crippen molar-refractivity contribution in [3.8, 4) is 0 Å². The fourth-order valence-corrected chi connectivity index (χ4v) is 5.17. The van der Waals surface area contributed by atoms with Gasteiger partial charge in [-0.25, -0.2) is 4.79 Å². The number of unbranched alkanes of at least 4 members (excludes halogenated alkanes) is 5. The van der Waals surface area contributed by atoms with E-state index >= 15 is 0 Å². The number of hydrogen-bond donors (Lipinski definition) is 1. The van der Waals surface area contributed by atoms with Gasteiger partial charge < -0.3 is 9.52 Å². The minimum atomic E-state index is -1.04. The van der Waals surface area contributed by atoms with Crippen LogP contribution in [0.1, 0.15) is 101 Å². The second kappa shape index (κ2) is 10.3. The Morgan fingerprint density at radius 1 is 1.16 bits per heavy atom. The summed E-state index contributed by atoms with van der Waals surface area (Å²) in [5.41, 5.74) is 7.61. The molecule has 2 heterocycles. The van der Waals surface area contributed by atoms with Gasteiger partial charge in [0.2, 0.25) is 5.76 Å².